The molecule has 1 aromatic rings. The summed E-state index contributed by atoms with van der Waals surface area (Å²) in [4.78, 5) is 2.34. The van der Waals surface area contributed by atoms with Gasteiger partial charge in [0.2, 0.25) is 0 Å². The van der Waals surface area contributed by atoms with Crippen LogP contribution in [-0.4, -0.2) is 19.1 Å². The molecule has 0 aromatic heterocycles. The van der Waals surface area contributed by atoms with E-state index < -0.39 is 0 Å². The zero-order chi connectivity index (χ0) is 11.5. The van der Waals surface area contributed by atoms with Crippen LogP contribution >= 0.6 is 0 Å². The van der Waals surface area contributed by atoms with Crippen LogP contribution < -0.4 is 10.6 Å². The van der Waals surface area contributed by atoms with E-state index in [9.17, 15) is 0 Å². The summed E-state index contributed by atoms with van der Waals surface area (Å²) in [6.07, 6.45) is 1.04. The van der Waals surface area contributed by atoms with Crippen molar-refractivity contribution in [2.24, 2.45) is 11.7 Å². The van der Waals surface area contributed by atoms with Crippen molar-refractivity contribution in [2.75, 3.05) is 18.0 Å². The van der Waals surface area contributed by atoms with E-state index in [1.54, 1.807) is 0 Å². The predicted octanol–water partition coefficient (Wildman–Crippen LogP) is 1.73. The van der Waals surface area contributed by atoms with Gasteiger partial charge in [-0.05, 0) is 36.6 Å². The van der Waals surface area contributed by atoms with Gasteiger partial charge in [-0.15, -0.1) is 0 Å². The van der Waals surface area contributed by atoms with Crippen LogP contribution in [0.5, 0.6) is 0 Å². The topological polar surface area (TPSA) is 53.0 Å². The molecule has 1 aliphatic heterocycles. The molecule has 0 spiro atoms. The Labute approximate surface area is 96.5 Å². The third-order valence-electron chi connectivity index (χ3n) is 3.33. The van der Waals surface area contributed by atoms with Gasteiger partial charge < -0.3 is 10.6 Å². The zero-order valence-corrected chi connectivity index (χ0v) is 9.56. The molecule has 2 rings (SSSR count). The molecule has 0 radical (unpaired) electrons. The van der Waals surface area contributed by atoms with Crippen molar-refractivity contribution in [1.82, 2.24) is 0 Å². The Balaban J connectivity index is 2.10. The van der Waals surface area contributed by atoms with Gasteiger partial charge in [-0.25, -0.2) is 0 Å². The number of nitrogens with zero attached hydrogens (tertiary/aromatic N) is 2. The van der Waals surface area contributed by atoms with Crippen LogP contribution in [0.1, 0.15) is 18.9 Å². The van der Waals surface area contributed by atoms with Crippen LogP contribution in [0.3, 0.4) is 0 Å². The highest BCUT2D eigenvalue weighted by Gasteiger charge is 2.22. The summed E-state index contributed by atoms with van der Waals surface area (Å²) in [5.41, 5.74) is 7.90. The predicted molar refractivity (Wildman–Crippen MR) is 65.1 cm³/mol. The van der Waals surface area contributed by atoms with Crippen LogP contribution in [0.15, 0.2) is 24.3 Å². The Hall–Kier alpha value is -1.53. The number of nitrogens with two attached hydrogens (primary N) is 1. The summed E-state index contributed by atoms with van der Waals surface area (Å²) >= 11 is 0. The molecule has 2 unspecified atom stereocenters. The average molecular weight is 215 g/mol. The van der Waals surface area contributed by atoms with E-state index in [0.29, 0.717) is 17.5 Å². The first-order valence-electron chi connectivity index (χ1n) is 5.71. The maximum atomic E-state index is 8.74. The largest absolute Gasteiger partial charge is 0.371 e. The molecule has 1 saturated heterocycles. The molecule has 84 valence electrons. The third kappa shape index (κ3) is 2.17. The molecule has 0 saturated carbocycles. The average Bonchev–Trinajstić information content (AvgIpc) is 2.33. The van der Waals surface area contributed by atoms with E-state index in [2.05, 4.69) is 17.9 Å². The molecule has 16 heavy (non-hydrogen) atoms. The molecule has 2 N–H and O–H groups in total. The highest BCUT2D eigenvalue weighted by Crippen LogP contribution is 2.22. The molecule has 1 aliphatic rings. The van der Waals surface area contributed by atoms with Crippen LogP contribution in [0.2, 0.25) is 0 Å². The van der Waals surface area contributed by atoms with Crippen LogP contribution in [0.4, 0.5) is 5.69 Å². The van der Waals surface area contributed by atoms with E-state index in [4.69, 9.17) is 11.0 Å². The summed E-state index contributed by atoms with van der Waals surface area (Å²) in [6, 6.07) is 10.2. The smallest absolute Gasteiger partial charge is 0.0991 e. The Morgan fingerprint density at radius 1 is 1.38 bits per heavy atom. The lowest BCUT2D eigenvalue weighted by Gasteiger charge is -2.36. The molecule has 1 fully saturated rings. The Morgan fingerprint density at radius 2 is 2.06 bits per heavy atom. The van der Waals surface area contributed by atoms with Gasteiger partial charge in [0.05, 0.1) is 11.6 Å². The number of piperidine rings is 1. The summed E-state index contributed by atoms with van der Waals surface area (Å²) in [5.74, 6) is 0.532. The number of hydrogen-bond donors (Lipinski definition) is 1. The number of rotatable bonds is 1. The first-order valence-corrected chi connectivity index (χ1v) is 5.71. The summed E-state index contributed by atoms with van der Waals surface area (Å²) < 4.78 is 0. The maximum Gasteiger partial charge on any atom is 0.0991 e. The van der Waals surface area contributed by atoms with Crippen molar-refractivity contribution in [2.45, 2.75) is 19.4 Å². The van der Waals surface area contributed by atoms with Gasteiger partial charge in [-0.2, -0.15) is 5.26 Å². The van der Waals surface area contributed by atoms with Gasteiger partial charge in [0.25, 0.3) is 0 Å². The van der Waals surface area contributed by atoms with Crippen LogP contribution in [0.25, 0.3) is 0 Å². The van der Waals surface area contributed by atoms with Crippen molar-refractivity contribution < 1.29 is 0 Å². The minimum Gasteiger partial charge on any atom is -0.371 e. The molecule has 1 heterocycles. The van der Waals surface area contributed by atoms with Crippen molar-refractivity contribution in [3.05, 3.63) is 29.8 Å². The Bertz CT molecular complexity index is 391. The Morgan fingerprint density at radius 3 is 2.62 bits per heavy atom. The van der Waals surface area contributed by atoms with Gasteiger partial charge in [-0.3, -0.25) is 0 Å². The lowest BCUT2D eigenvalue weighted by atomic mass is 9.94. The quantitative estimate of drug-likeness (QED) is 0.776. The number of anilines is 1. The fourth-order valence-electron chi connectivity index (χ4n) is 2.15. The summed E-state index contributed by atoms with van der Waals surface area (Å²) in [7, 11) is 0. The number of nitriles is 1. The Kier molecular flexibility index (Phi) is 3.12. The molecule has 0 amide bonds. The van der Waals surface area contributed by atoms with E-state index in [1.807, 2.05) is 24.3 Å². The van der Waals surface area contributed by atoms with E-state index in [0.717, 1.165) is 19.5 Å². The van der Waals surface area contributed by atoms with Gasteiger partial charge in [0, 0.05) is 24.8 Å². The molecule has 3 heteroatoms. The van der Waals surface area contributed by atoms with Crippen LogP contribution in [0, 0.1) is 17.2 Å². The van der Waals surface area contributed by atoms with Gasteiger partial charge in [0.15, 0.2) is 0 Å². The molecule has 2 atom stereocenters. The lowest BCUT2D eigenvalue weighted by molar-refractivity contribution is 0.383. The SMILES string of the molecule is CC1CN(c2ccc(C#N)cc2)CCC1N. The molecule has 3 nitrogen and oxygen atoms in total. The standard InChI is InChI=1S/C13H17N3/c1-10-9-16(7-6-13(10)15)12-4-2-11(8-14)3-5-12/h2-5,10,13H,6-7,9,15H2,1H3. The van der Waals surface area contributed by atoms with Gasteiger partial charge >= 0.3 is 0 Å². The fraction of sp³-hybridized carbons (Fsp3) is 0.462. The van der Waals surface area contributed by atoms with Crippen molar-refractivity contribution >= 4 is 5.69 Å². The zero-order valence-electron chi connectivity index (χ0n) is 9.56. The second-order valence-corrected chi connectivity index (χ2v) is 4.53. The first kappa shape index (κ1) is 11.0. The highest BCUT2D eigenvalue weighted by molar-refractivity contribution is 5.50. The molecular formula is C13H17N3. The van der Waals surface area contributed by atoms with Crippen LogP contribution in [-0.2, 0) is 0 Å². The molecule has 0 bridgehead atoms. The van der Waals surface area contributed by atoms with E-state index in [1.165, 1.54) is 5.69 Å². The second-order valence-electron chi connectivity index (χ2n) is 4.53. The van der Waals surface area contributed by atoms with E-state index in [-0.39, 0.29) is 0 Å². The molecule has 0 aliphatic carbocycles. The number of benzene rings is 1. The molecular weight excluding hydrogens is 198 g/mol. The normalized spacial score (nSPS) is 25.2. The fourth-order valence-corrected chi connectivity index (χ4v) is 2.15. The van der Waals surface area contributed by atoms with Gasteiger partial charge in [0.1, 0.15) is 0 Å². The summed E-state index contributed by atoms with van der Waals surface area (Å²) in [5, 5.41) is 8.74. The third-order valence-corrected chi connectivity index (χ3v) is 3.33. The summed E-state index contributed by atoms with van der Waals surface area (Å²) in [6.45, 7) is 4.21. The van der Waals surface area contributed by atoms with E-state index >= 15 is 0 Å². The molecule has 1 aromatic carbocycles. The van der Waals surface area contributed by atoms with Crippen molar-refractivity contribution in [3.8, 4) is 6.07 Å². The highest BCUT2D eigenvalue weighted by atomic mass is 15.1. The maximum absolute atomic E-state index is 8.74. The minimum absolute atomic E-state index is 0.328. The van der Waals surface area contributed by atoms with Crippen molar-refractivity contribution in [3.63, 3.8) is 0 Å². The number of hydrogen-bond acceptors (Lipinski definition) is 3. The lowest BCUT2D eigenvalue weighted by Crippen LogP contribution is -2.45. The monoisotopic (exact) mass is 215 g/mol. The van der Waals surface area contributed by atoms with Crippen molar-refractivity contribution in [1.29, 1.82) is 5.26 Å². The minimum atomic E-state index is 0.328. The first-order chi connectivity index (χ1) is 7.70. The second kappa shape index (κ2) is 4.54. The van der Waals surface area contributed by atoms with Gasteiger partial charge in [-0.1, -0.05) is 6.92 Å².